The summed E-state index contributed by atoms with van der Waals surface area (Å²) in [6.07, 6.45) is 0. The summed E-state index contributed by atoms with van der Waals surface area (Å²) in [7, 11) is 1.72. The van der Waals surface area contributed by atoms with Crippen LogP contribution in [0.4, 0.5) is 0 Å². The molecular weight excluding hydrogens is 414 g/mol. The molecule has 0 aliphatic heterocycles. The zero-order valence-corrected chi connectivity index (χ0v) is 17.5. The third-order valence-electron chi connectivity index (χ3n) is 4.16. The number of ether oxygens (including phenoxy) is 2. The SMILES string of the molecule is COc1cccc(CNC(=O)c2ccc(C[S@@](=O)c3ccccc3Cl)o2)c1OC. The van der Waals surface area contributed by atoms with Gasteiger partial charge in [0.1, 0.15) is 5.76 Å². The quantitative estimate of drug-likeness (QED) is 0.576. The van der Waals surface area contributed by atoms with Crippen LogP contribution in [-0.4, -0.2) is 24.3 Å². The first kappa shape index (κ1) is 21.0. The third-order valence-corrected chi connectivity index (χ3v) is 6.00. The van der Waals surface area contributed by atoms with Gasteiger partial charge in [0.2, 0.25) is 0 Å². The number of amides is 1. The topological polar surface area (TPSA) is 77.8 Å². The van der Waals surface area contributed by atoms with Gasteiger partial charge in [-0.15, -0.1) is 0 Å². The Labute approximate surface area is 176 Å². The van der Waals surface area contributed by atoms with Crippen LogP contribution in [0.15, 0.2) is 63.9 Å². The molecule has 152 valence electrons. The van der Waals surface area contributed by atoms with Gasteiger partial charge in [0.25, 0.3) is 5.91 Å². The summed E-state index contributed by atoms with van der Waals surface area (Å²) < 4.78 is 28.7. The average Bonchev–Trinajstić information content (AvgIpc) is 3.20. The van der Waals surface area contributed by atoms with E-state index in [0.717, 1.165) is 5.56 Å². The fourth-order valence-corrected chi connectivity index (χ4v) is 4.25. The van der Waals surface area contributed by atoms with Gasteiger partial charge in [-0.3, -0.25) is 9.00 Å². The lowest BCUT2D eigenvalue weighted by molar-refractivity contribution is 0.0921. The summed E-state index contributed by atoms with van der Waals surface area (Å²) in [5, 5.41) is 3.22. The first-order chi connectivity index (χ1) is 14.0. The molecule has 6 nitrogen and oxygen atoms in total. The smallest absolute Gasteiger partial charge is 0.287 e. The second kappa shape index (κ2) is 9.62. The Morgan fingerprint density at radius 2 is 1.86 bits per heavy atom. The van der Waals surface area contributed by atoms with E-state index in [0.29, 0.717) is 27.2 Å². The first-order valence-corrected chi connectivity index (χ1v) is 10.4. The van der Waals surface area contributed by atoms with Crippen LogP contribution in [0.1, 0.15) is 21.9 Å². The molecule has 2 aromatic carbocycles. The molecule has 0 saturated carbocycles. The predicted octanol–water partition coefficient (Wildman–Crippen LogP) is 4.19. The number of para-hydroxylation sites is 1. The van der Waals surface area contributed by atoms with Gasteiger partial charge < -0.3 is 19.2 Å². The third kappa shape index (κ3) is 4.99. The van der Waals surface area contributed by atoms with Crippen molar-refractivity contribution in [2.24, 2.45) is 0 Å². The summed E-state index contributed by atoms with van der Waals surface area (Å²) in [6.45, 7) is 0.237. The molecule has 0 unspecified atom stereocenters. The van der Waals surface area contributed by atoms with Crippen LogP contribution in [0.3, 0.4) is 0 Å². The van der Waals surface area contributed by atoms with Crippen molar-refractivity contribution in [2.45, 2.75) is 17.2 Å². The summed E-state index contributed by atoms with van der Waals surface area (Å²) in [6, 6.07) is 15.6. The van der Waals surface area contributed by atoms with Crippen molar-refractivity contribution in [3.8, 4) is 11.5 Å². The maximum Gasteiger partial charge on any atom is 0.287 e. The highest BCUT2D eigenvalue weighted by Gasteiger charge is 2.16. The Morgan fingerprint density at radius 1 is 1.07 bits per heavy atom. The van der Waals surface area contributed by atoms with E-state index in [-0.39, 0.29) is 24.0 Å². The van der Waals surface area contributed by atoms with Gasteiger partial charge in [-0.25, -0.2) is 0 Å². The fourth-order valence-electron chi connectivity index (χ4n) is 2.77. The highest BCUT2D eigenvalue weighted by atomic mass is 35.5. The first-order valence-electron chi connectivity index (χ1n) is 8.73. The normalized spacial score (nSPS) is 11.7. The van der Waals surface area contributed by atoms with E-state index in [1.54, 1.807) is 56.7 Å². The highest BCUT2D eigenvalue weighted by Crippen LogP contribution is 2.30. The molecule has 1 atom stereocenters. The molecule has 0 aliphatic carbocycles. The molecule has 8 heteroatoms. The number of furan rings is 1. The van der Waals surface area contributed by atoms with Gasteiger partial charge in [0, 0.05) is 12.1 Å². The summed E-state index contributed by atoms with van der Waals surface area (Å²) in [5.74, 6) is 1.46. The Kier molecular flexibility index (Phi) is 6.95. The van der Waals surface area contributed by atoms with E-state index in [1.165, 1.54) is 0 Å². The van der Waals surface area contributed by atoms with Crippen LogP contribution < -0.4 is 14.8 Å². The van der Waals surface area contributed by atoms with E-state index in [9.17, 15) is 9.00 Å². The minimum atomic E-state index is -1.38. The molecule has 3 aromatic rings. The number of hydrogen-bond acceptors (Lipinski definition) is 5. The number of hydrogen-bond donors (Lipinski definition) is 1. The van der Waals surface area contributed by atoms with Crippen LogP contribution in [0.2, 0.25) is 5.02 Å². The zero-order chi connectivity index (χ0) is 20.8. The molecule has 1 aromatic heterocycles. The monoisotopic (exact) mass is 433 g/mol. The van der Waals surface area contributed by atoms with Crippen molar-refractivity contribution in [3.05, 3.63) is 76.7 Å². The van der Waals surface area contributed by atoms with Crippen molar-refractivity contribution in [3.63, 3.8) is 0 Å². The number of rotatable bonds is 8. The lowest BCUT2D eigenvalue weighted by Gasteiger charge is -2.12. The van der Waals surface area contributed by atoms with Gasteiger partial charge in [0.15, 0.2) is 17.3 Å². The van der Waals surface area contributed by atoms with Crippen LogP contribution in [-0.2, 0) is 23.1 Å². The summed E-state index contributed by atoms with van der Waals surface area (Å²) in [4.78, 5) is 13.0. The zero-order valence-electron chi connectivity index (χ0n) is 15.9. The number of carbonyl (C=O) groups is 1. The molecule has 29 heavy (non-hydrogen) atoms. The number of methoxy groups -OCH3 is 2. The Bertz CT molecular complexity index is 1030. The number of benzene rings is 2. The van der Waals surface area contributed by atoms with Crippen molar-refractivity contribution in [1.29, 1.82) is 0 Å². The molecule has 0 radical (unpaired) electrons. The molecule has 0 fully saturated rings. The van der Waals surface area contributed by atoms with E-state index in [1.807, 2.05) is 12.1 Å². The van der Waals surface area contributed by atoms with Gasteiger partial charge >= 0.3 is 0 Å². The van der Waals surface area contributed by atoms with Crippen molar-refractivity contribution < 1.29 is 22.9 Å². The van der Waals surface area contributed by atoms with E-state index < -0.39 is 10.8 Å². The minimum Gasteiger partial charge on any atom is -0.493 e. The molecular formula is C21H20ClNO5S. The van der Waals surface area contributed by atoms with Crippen LogP contribution in [0, 0.1) is 0 Å². The molecule has 0 saturated heterocycles. The van der Waals surface area contributed by atoms with Crippen LogP contribution >= 0.6 is 11.6 Å². The Balaban J connectivity index is 1.64. The molecule has 0 spiro atoms. The van der Waals surface area contributed by atoms with Crippen LogP contribution in [0.25, 0.3) is 0 Å². The van der Waals surface area contributed by atoms with Crippen molar-refractivity contribution >= 4 is 28.3 Å². The predicted molar refractivity (Wildman–Crippen MR) is 111 cm³/mol. The summed E-state index contributed by atoms with van der Waals surface area (Å²) in [5.41, 5.74) is 0.770. The Morgan fingerprint density at radius 3 is 2.59 bits per heavy atom. The largest absolute Gasteiger partial charge is 0.493 e. The molecule has 3 rings (SSSR count). The molecule has 0 bridgehead atoms. The average molecular weight is 434 g/mol. The standard InChI is InChI=1S/C21H20ClNO5S/c1-26-17-8-5-6-14(20(17)27-2)12-23-21(24)18-11-10-15(28-18)13-29(25)19-9-4-3-7-16(19)22/h3-11H,12-13H2,1-2H3,(H,23,24)/t29-/m1/s1. The lowest BCUT2D eigenvalue weighted by atomic mass is 10.2. The van der Waals surface area contributed by atoms with Gasteiger partial charge in [-0.1, -0.05) is 35.9 Å². The van der Waals surface area contributed by atoms with E-state index in [2.05, 4.69) is 5.32 Å². The summed E-state index contributed by atoms with van der Waals surface area (Å²) >= 11 is 6.08. The molecule has 0 aliphatic rings. The lowest BCUT2D eigenvalue weighted by Crippen LogP contribution is -2.22. The van der Waals surface area contributed by atoms with Gasteiger partial charge in [-0.05, 0) is 30.3 Å². The number of halogens is 1. The number of carbonyl (C=O) groups excluding carboxylic acids is 1. The highest BCUT2D eigenvalue weighted by molar-refractivity contribution is 7.84. The molecule has 1 N–H and O–H groups in total. The second-order valence-corrected chi connectivity index (χ2v) is 7.85. The maximum absolute atomic E-state index is 12.5. The second-order valence-electron chi connectivity index (χ2n) is 6.02. The van der Waals surface area contributed by atoms with E-state index in [4.69, 9.17) is 25.5 Å². The van der Waals surface area contributed by atoms with Gasteiger partial charge in [-0.2, -0.15) is 0 Å². The fraction of sp³-hybridized carbons (Fsp3) is 0.190. The van der Waals surface area contributed by atoms with Crippen molar-refractivity contribution in [2.75, 3.05) is 14.2 Å². The maximum atomic E-state index is 12.5. The van der Waals surface area contributed by atoms with Crippen molar-refractivity contribution in [1.82, 2.24) is 5.32 Å². The minimum absolute atomic E-state index is 0.126. The van der Waals surface area contributed by atoms with Crippen LogP contribution in [0.5, 0.6) is 11.5 Å². The Hall–Kier alpha value is -2.77. The van der Waals surface area contributed by atoms with E-state index >= 15 is 0 Å². The van der Waals surface area contributed by atoms with Gasteiger partial charge in [0.05, 0.1) is 40.7 Å². The molecule has 1 heterocycles. The molecule has 1 amide bonds. The number of nitrogens with one attached hydrogen (secondary N) is 1.